The summed E-state index contributed by atoms with van der Waals surface area (Å²) in [4.78, 5) is 11.7. The first kappa shape index (κ1) is 54.3. The van der Waals surface area contributed by atoms with E-state index >= 15 is 35.1 Å². The zero-order valence-corrected chi connectivity index (χ0v) is 37.6. The summed E-state index contributed by atoms with van der Waals surface area (Å²) in [7, 11) is -1.90. The molecule has 1 nitrogen and oxygen atoms in total. The molecule has 0 aliphatic heterocycles. The topological polar surface area (TPSA) is 17.1 Å². The maximum Gasteiger partial charge on any atom is 0.200 e. The Kier molecular flexibility index (Phi) is 15.3. The molecule has 0 atom stereocenters. The van der Waals surface area contributed by atoms with E-state index in [-0.39, 0.29) is 5.78 Å². The van der Waals surface area contributed by atoms with Crippen LogP contribution in [-0.4, -0.2) is 11.9 Å². The molecule has 0 bridgehead atoms. The molecular formula is C51H24BF20OP. The highest BCUT2D eigenvalue weighted by Gasteiger charge is 2.52. The Hall–Kier alpha value is -7.48. The van der Waals surface area contributed by atoms with Crippen LogP contribution in [0.4, 0.5) is 87.8 Å². The molecule has 0 aliphatic rings. The molecule has 0 aromatic heterocycles. The fraction of sp³-hybridized carbons (Fsp3) is 0.0392. The minimum Gasteiger partial charge on any atom is -0.295 e. The third-order valence-corrected chi connectivity index (χ3v) is 16.5. The van der Waals surface area contributed by atoms with Gasteiger partial charge in [-0.1, -0.05) is 78.9 Å². The van der Waals surface area contributed by atoms with Gasteiger partial charge in [-0.05, 0) is 48.9 Å². The van der Waals surface area contributed by atoms with Crippen LogP contribution in [-0.2, 0) is 6.16 Å². The second-order valence-electron chi connectivity index (χ2n) is 16.0. The molecule has 8 rings (SSSR count). The molecule has 8 aromatic carbocycles. The Bertz CT molecular complexity index is 3010. The van der Waals surface area contributed by atoms with E-state index in [2.05, 4.69) is 103 Å². The van der Waals surface area contributed by atoms with Crippen molar-refractivity contribution in [3.05, 3.63) is 243 Å². The van der Waals surface area contributed by atoms with Gasteiger partial charge in [-0.25, -0.2) is 87.8 Å². The van der Waals surface area contributed by atoms with Crippen LogP contribution in [0.15, 0.2) is 115 Å². The fourth-order valence-electron chi connectivity index (χ4n) is 8.76. The van der Waals surface area contributed by atoms with Crippen LogP contribution in [0.5, 0.6) is 0 Å². The van der Waals surface area contributed by atoms with Gasteiger partial charge in [0.2, 0.25) is 0 Å². The second-order valence-corrected chi connectivity index (χ2v) is 19.5. The van der Waals surface area contributed by atoms with Gasteiger partial charge in [0.15, 0.2) is 75.6 Å². The zero-order chi connectivity index (χ0) is 54.5. The van der Waals surface area contributed by atoms with E-state index in [0.717, 1.165) is 11.7 Å². The van der Waals surface area contributed by atoms with E-state index in [0.29, 0.717) is 0 Å². The monoisotopic (exact) mass is 1070 g/mol. The number of benzene rings is 8. The SMILES string of the molecule is CC(=O)c1ccc(C[P+](c2ccccc2)(c2ccccc2)c2ccccc2)cc1.Fc1c(F)c(F)c([B-](c2c(F)c(F)c(F)c(F)c2F)(c2c(F)c(F)c(F)c(F)c2F)c2c(F)c(F)c(F)c(F)c2F)c(F)c1F. The van der Waals surface area contributed by atoms with Crippen molar-refractivity contribution < 1.29 is 92.6 Å². The predicted molar refractivity (Wildman–Crippen MR) is 235 cm³/mol. The van der Waals surface area contributed by atoms with Crippen LogP contribution in [0.2, 0.25) is 0 Å². The van der Waals surface area contributed by atoms with E-state index in [1.54, 1.807) is 6.92 Å². The van der Waals surface area contributed by atoms with Gasteiger partial charge in [0.05, 0.1) is 6.16 Å². The Morgan fingerprint density at radius 1 is 0.311 bits per heavy atom. The van der Waals surface area contributed by atoms with Crippen molar-refractivity contribution in [3.63, 3.8) is 0 Å². The molecule has 0 radical (unpaired) electrons. The summed E-state index contributed by atoms with van der Waals surface area (Å²) < 4.78 is 294. The lowest BCUT2D eigenvalue weighted by Crippen LogP contribution is -2.81. The normalized spacial score (nSPS) is 11.7. The lowest BCUT2D eigenvalue weighted by Gasteiger charge is -2.44. The van der Waals surface area contributed by atoms with E-state index in [1.807, 2.05) is 12.1 Å². The molecule has 0 amide bonds. The molecule has 0 saturated carbocycles. The first-order chi connectivity index (χ1) is 34.9. The predicted octanol–water partition coefficient (Wildman–Crippen LogP) is 11.2. The molecule has 0 aliphatic carbocycles. The number of carbonyl (C=O) groups is 1. The first-order valence-corrected chi connectivity index (χ1v) is 22.8. The molecule has 0 N–H and O–H groups in total. The van der Waals surface area contributed by atoms with Gasteiger partial charge >= 0.3 is 0 Å². The molecule has 0 unspecified atom stereocenters. The molecule has 0 saturated heterocycles. The third kappa shape index (κ3) is 8.65. The second kappa shape index (κ2) is 20.8. The van der Waals surface area contributed by atoms with Crippen molar-refractivity contribution in [2.75, 3.05) is 0 Å². The van der Waals surface area contributed by atoms with Crippen molar-refractivity contribution in [2.24, 2.45) is 0 Å². The standard InChI is InChI=1S/C27H24OP.C24BF20/c1-22(28)24-19-17-23(18-20-24)21-29(25-11-5-2-6-12-25,26-13-7-3-8-14-26)27-15-9-4-10-16-27;26-5-1(6(27)14(35)21(42)13(5)34)25(2-7(28)15(36)22(43)16(37)8(2)29,3-9(30)17(38)23(44)18(39)10(3)31)4-11(32)19(40)24(45)20(41)12(4)33/h2-20H,21H2,1H3;/q+1;-1. The highest BCUT2D eigenvalue weighted by molar-refractivity contribution is 7.95. The summed E-state index contributed by atoms with van der Waals surface area (Å²) in [6.07, 6.45) is -6.30. The van der Waals surface area contributed by atoms with Crippen molar-refractivity contribution in [1.29, 1.82) is 0 Å². The summed E-state index contributed by atoms with van der Waals surface area (Å²) >= 11 is 0. The van der Waals surface area contributed by atoms with Gasteiger partial charge in [0.1, 0.15) is 75.9 Å². The minimum atomic E-state index is -7.22. The van der Waals surface area contributed by atoms with Crippen LogP contribution in [0.3, 0.4) is 0 Å². The van der Waals surface area contributed by atoms with E-state index < -0.39 is 152 Å². The summed E-state index contributed by atoms with van der Waals surface area (Å²) in [6.45, 7) is 1.62. The fourth-order valence-corrected chi connectivity index (χ4v) is 13.0. The zero-order valence-electron chi connectivity index (χ0n) is 36.7. The maximum absolute atomic E-state index is 15.4. The number of halogens is 20. The molecule has 0 heterocycles. The minimum absolute atomic E-state index is 0.104. The molecule has 8 aromatic rings. The van der Waals surface area contributed by atoms with Crippen LogP contribution < -0.4 is 37.8 Å². The van der Waals surface area contributed by atoms with E-state index in [9.17, 15) is 57.5 Å². The molecule has 23 heteroatoms. The maximum atomic E-state index is 15.4. The summed E-state index contributed by atoms with van der Waals surface area (Å²) in [6, 6.07) is 40.7. The van der Waals surface area contributed by atoms with Crippen molar-refractivity contribution >= 4 is 57.0 Å². The largest absolute Gasteiger partial charge is 0.295 e. The highest BCUT2D eigenvalue weighted by atomic mass is 31.2. The quantitative estimate of drug-likeness (QED) is 0.0333. The summed E-state index contributed by atoms with van der Waals surface area (Å²) in [5.74, 6) is -71.3. The Labute approximate surface area is 404 Å². The van der Waals surface area contributed by atoms with Crippen LogP contribution in [0.1, 0.15) is 22.8 Å². The van der Waals surface area contributed by atoms with Crippen molar-refractivity contribution in [1.82, 2.24) is 0 Å². The lowest BCUT2D eigenvalue weighted by molar-refractivity contribution is 0.101. The van der Waals surface area contributed by atoms with Crippen molar-refractivity contribution in [2.45, 2.75) is 13.1 Å². The lowest BCUT2D eigenvalue weighted by atomic mass is 9.12. The summed E-state index contributed by atoms with van der Waals surface area (Å²) in [5, 5.41) is 4.11. The molecule has 382 valence electrons. The van der Waals surface area contributed by atoms with Gasteiger partial charge in [-0.2, -0.15) is 0 Å². The Morgan fingerprint density at radius 3 is 0.716 bits per heavy atom. The summed E-state index contributed by atoms with van der Waals surface area (Å²) in [5.41, 5.74) is -12.3. The van der Waals surface area contributed by atoms with E-state index in [1.165, 1.54) is 21.5 Å². The number of hydrogen-bond donors (Lipinski definition) is 0. The van der Waals surface area contributed by atoms with Crippen LogP contribution >= 0.6 is 7.26 Å². The average Bonchev–Trinajstić information content (AvgIpc) is 3.41. The van der Waals surface area contributed by atoms with Gasteiger partial charge in [-0.15, -0.1) is 21.9 Å². The first-order valence-electron chi connectivity index (χ1n) is 20.8. The van der Waals surface area contributed by atoms with Gasteiger partial charge in [-0.3, -0.25) is 4.79 Å². The molecule has 74 heavy (non-hydrogen) atoms. The molecule has 0 spiro atoms. The Balaban J connectivity index is 0.000000237. The Morgan fingerprint density at radius 2 is 0.514 bits per heavy atom. The molecule has 0 fully saturated rings. The number of carbonyl (C=O) groups excluding carboxylic acids is 1. The van der Waals surface area contributed by atoms with Gasteiger partial charge < -0.3 is 0 Å². The molecular weight excluding hydrogens is 1050 g/mol. The smallest absolute Gasteiger partial charge is 0.200 e. The van der Waals surface area contributed by atoms with Crippen LogP contribution in [0.25, 0.3) is 0 Å². The van der Waals surface area contributed by atoms with Crippen molar-refractivity contribution in [3.8, 4) is 0 Å². The van der Waals surface area contributed by atoms with Gasteiger partial charge in [0.25, 0.3) is 0 Å². The van der Waals surface area contributed by atoms with Crippen LogP contribution in [0, 0.1) is 116 Å². The number of ketones is 1. The average molecular weight is 1070 g/mol. The third-order valence-electron chi connectivity index (χ3n) is 12.1. The number of hydrogen-bond acceptors (Lipinski definition) is 1. The number of rotatable bonds is 10. The number of Topliss-reactive ketones (excluding diaryl/α,β-unsaturated/α-hetero) is 1. The highest BCUT2D eigenvalue weighted by Crippen LogP contribution is 2.58. The van der Waals surface area contributed by atoms with E-state index in [4.69, 9.17) is 0 Å². The van der Waals surface area contributed by atoms with Gasteiger partial charge in [0, 0.05) is 5.56 Å².